The zero-order chi connectivity index (χ0) is 11.8. The first-order valence-electron chi connectivity index (χ1n) is 4.82. The number of hydrogen-bond acceptors (Lipinski definition) is 4. The Morgan fingerprint density at radius 1 is 1.12 bits per heavy atom. The first kappa shape index (κ1) is 11.9. The summed E-state index contributed by atoms with van der Waals surface area (Å²) in [5.74, 6) is -0.0777. The summed E-state index contributed by atoms with van der Waals surface area (Å²) in [6.07, 6.45) is 0. The van der Waals surface area contributed by atoms with E-state index in [1.54, 1.807) is 24.3 Å². The molecular formula is C12H11N3O. The molecule has 0 saturated carbocycles. The highest BCUT2D eigenvalue weighted by Crippen LogP contribution is 2.01. The van der Waals surface area contributed by atoms with E-state index in [1.807, 2.05) is 18.2 Å². The molecule has 0 aliphatic carbocycles. The van der Waals surface area contributed by atoms with Gasteiger partial charge in [0.2, 0.25) is 0 Å². The van der Waals surface area contributed by atoms with Gasteiger partial charge in [0.05, 0.1) is 31.8 Å². The third-order valence-electron chi connectivity index (χ3n) is 2.05. The van der Waals surface area contributed by atoms with E-state index in [4.69, 9.17) is 10.5 Å². The molecule has 4 nitrogen and oxygen atoms in total. The second-order valence-corrected chi connectivity index (χ2v) is 3.25. The summed E-state index contributed by atoms with van der Waals surface area (Å²) in [7, 11) is 0. The summed E-state index contributed by atoms with van der Waals surface area (Å²) >= 11 is 0. The third kappa shape index (κ3) is 3.53. The molecule has 0 N–H and O–H groups in total. The van der Waals surface area contributed by atoms with Crippen LogP contribution in [0.3, 0.4) is 0 Å². The van der Waals surface area contributed by atoms with Gasteiger partial charge in [-0.3, -0.25) is 9.69 Å². The minimum absolute atomic E-state index is 0.0777. The van der Waals surface area contributed by atoms with Gasteiger partial charge < -0.3 is 0 Å². The normalized spacial score (nSPS) is 9.44. The molecule has 1 aromatic carbocycles. The maximum absolute atomic E-state index is 11.7. The van der Waals surface area contributed by atoms with Crippen LogP contribution in [0.5, 0.6) is 0 Å². The van der Waals surface area contributed by atoms with Crippen LogP contribution in [-0.4, -0.2) is 30.3 Å². The summed E-state index contributed by atoms with van der Waals surface area (Å²) in [5, 5.41) is 17.1. The van der Waals surface area contributed by atoms with Gasteiger partial charge in [0.15, 0.2) is 5.78 Å². The fourth-order valence-electron chi connectivity index (χ4n) is 1.29. The number of benzene rings is 1. The van der Waals surface area contributed by atoms with Crippen LogP contribution in [0, 0.1) is 22.7 Å². The standard InChI is InChI=1S/C12H11N3O/c13-6-8-15(9-7-14)10-12(16)11-4-2-1-3-5-11/h1-5H,8-10H2. The number of carbonyl (C=O) groups excluding carboxylic acids is 1. The highest BCUT2D eigenvalue weighted by Gasteiger charge is 2.11. The molecule has 4 heteroatoms. The van der Waals surface area contributed by atoms with Crippen LogP contribution in [-0.2, 0) is 0 Å². The molecule has 0 aliphatic rings. The van der Waals surface area contributed by atoms with Gasteiger partial charge in [-0.25, -0.2) is 0 Å². The van der Waals surface area contributed by atoms with Gasteiger partial charge in [0.25, 0.3) is 0 Å². The van der Waals surface area contributed by atoms with E-state index >= 15 is 0 Å². The SMILES string of the molecule is N#CCN(CC#N)CC(=O)c1ccccc1. The Morgan fingerprint density at radius 3 is 2.19 bits per heavy atom. The van der Waals surface area contributed by atoms with E-state index in [2.05, 4.69) is 0 Å². The Kier molecular flexibility index (Phi) is 4.72. The third-order valence-corrected chi connectivity index (χ3v) is 2.05. The molecule has 80 valence electrons. The molecule has 0 amide bonds. The number of nitrogens with zero attached hydrogens (tertiary/aromatic N) is 3. The van der Waals surface area contributed by atoms with Crippen molar-refractivity contribution >= 4 is 5.78 Å². The first-order chi connectivity index (χ1) is 7.77. The number of hydrogen-bond donors (Lipinski definition) is 0. The van der Waals surface area contributed by atoms with Crippen LogP contribution in [0.25, 0.3) is 0 Å². The number of Topliss-reactive ketones (excluding diaryl/α,β-unsaturated/α-hetero) is 1. The molecule has 0 fully saturated rings. The molecule has 0 unspecified atom stereocenters. The number of ketones is 1. The lowest BCUT2D eigenvalue weighted by Crippen LogP contribution is -2.30. The fourth-order valence-corrected chi connectivity index (χ4v) is 1.29. The highest BCUT2D eigenvalue weighted by atomic mass is 16.1. The van der Waals surface area contributed by atoms with Gasteiger partial charge in [-0.2, -0.15) is 10.5 Å². The largest absolute Gasteiger partial charge is 0.293 e. The van der Waals surface area contributed by atoms with E-state index in [9.17, 15) is 4.79 Å². The lowest BCUT2D eigenvalue weighted by molar-refractivity contribution is 0.0946. The van der Waals surface area contributed by atoms with Crippen molar-refractivity contribution in [3.8, 4) is 12.1 Å². The molecule has 0 atom stereocenters. The number of rotatable bonds is 5. The predicted octanol–water partition coefficient (Wildman–Crippen LogP) is 1.22. The maximum Gasteiger partial charge on any atom is 0.176 e. The second kappa shape index (κ2) is 6.34. The van der Waals surface area contributed by atoms with Crippen LogP contribution in [0.4, 0.5) is 0 Å². The van der Waals surface area contributed by atoms with Crippen LogP contribution < -0.4 is 0 Å². The molecule has 0 heterocycles. The average molecular weight is 213 g/mol. The summed E-state index contributed by atoms with van der Waals surface area (Å²) in [5.41, 5.74) is 0.600. The van der Waals surface area contributed by atoms with Crippen molar-refractivity contribution < 1.29 is 4.79 Å². The topological polar surface area (TPSA) is 67.9 Å². The van der Waals surface area contributed by atoms with Gasteiger partial charge in [-0.1, -0.05) is 30.3 Å². The summed E-state index contributed by atoms with van der Waals surface area (Å²) in [6.45, 7) is 0.281. The van der Waals surface area contributed by atoms with Gasteiger partial charge in [-0.15, -0.1) is 0 Å². The summed E-state index contributed by atoms with van der Waals surface area (Å²) in [4.78, 5) is 13.3. The Hall–Kier alpha value is -2.17. The minimum atomic E-state index is -0.0777. The zero-order valence-electron chi connectivity index (χ0n) is 8.76. The molecule has 16 heavy (non-hydrogen) atoms. The Bertz CT molecular complexity index is 412. The average Bonchev–Trinajstić information content (AvgIpc) is 2.31. The number of nitriles is 2. The van der Waals surface area contributed by atoms with Crippen LogP contribution in [0.1, 0.15) is 10.4 Å². The predicted molar refractivity (Wildman–Crippen MR) is 58.4 cm³/mol. The number of carbonyl (C=O) groups is 1. The monoisotopic (exact) mass is 213 g/mol. The lowest BCUT2D eigenvalue weighted by atomic mass is 10.1. The quantitative estimate of drug-likeness (QED) is 0.544. The Balaban J connectivity index is 2.63. The van der Waals surface area contributed by atoms with Gasteiger partial charge in [0, 0.05) is 5.56 Å². The fraction of sp³-hybridized carbons (Fsp3) is 0.250. The van der Waals surface area contributed by atoms with E-state index in [1.165, 1.54) is 4.90 Å². The molecule has 0 spiro atoms. The van der Waals surface area contributed by atoms with Crippen molar-refractivity contribution in [1.82, 2.24) is 4.90 Å². The maximum atomic E-state index is 11.7. The van der Waals surface area contributed by atoms with Crippen molar-refractivity contribution in [1.29, 1.82) is 10.5 Å². The molecule has 0 aliphatic heterocycles. The second-order valence-electron chi connectivity index (χ2n) is 3.25. The Labute approximate surface area is 94.3 Å². The van der Waals surface area contributed by atoms with Gasteiger partial charge in [0.1, 0.15) is 0 Å². The first-order valence-corrected chi connectivity index (χ1v) is 4.82. The van der Waals surface area contributed by atoms with Gasteiger partial charge in [-0.05, 0) is 0 Å². The van der Waals surface area contributed by atoms with E-state index in [-0.39, 0.29) is 25.4 Å². The molecule has 1 rings (SSSR count). The van der Waals surface area contributed by atoms with E-state index in [0.29, 0.717) is 5.56 Å². The van der Waals surface area contributed by atoms with Crippen molar-refractivity contribution in [2.45, 2.75) is 0 Å². The zero-order valence-corrected chi connectivity index (χ0v) is 8.76. The smallest absolute Gasteiger partial charge is 0.176 e. The van der Waals surface area contributed by atoms with E-state index in [0.717, 1.165) is 0 Å². The molecule has 0 bridgehead atoms. The molecule has 0 aromatic heterocycles. The van der Waals surface area contributed by atoms with Crippen LogP contribution >= 0.6 is 0 Å². The van der Waals surface area contributed by atoms with Crippen molar-refractivity contribution in [3.05, 3.63) is 35.9 Å². The van der Waals surface area contributed by atoms with Gasteiger partial charge >= 0.3 is 0 Å². The van der Waals surface area contributed by atoms with Crippen LogP contribution in [0.15, 0.2) is 30.3 Å². The van der Waals surface area contributed by atoms with Crippen LogP contribution in [0.2, 0.25) is 0 Å². The molecule has 0 radical (unpaired) electrons. The van der Waals surface area contributed by atoms with Crippen molar-refractivity contribution in [2.75, 3.05) is 19.6 Å². The molecular weight excluding hydrogens is 202 g/mol. The Morgan fingerprint density at radius 2 is 1.69 bits per heavy atom. The summed E-state index contributed by atoms with van der Waals surface area (Å²) in [6, 6.07) is 12.7. The summed E-state index contributed by atoms with van der Waals surface area (Å²) < 4.78 is 0. The molecule has 0 saturated heterocycles. The van der Waals surface area contributed by atoms with E-state index < -0.39 is 0 Å². The van der Waals surface area contributed by atoms with Crippen molar-refractivity contribution in [2.24, 2.45) is 0 Å². The highest BCUT2D eigenvalue weighted by molar-refractivity contribution is 5.97. The minimum Gasteiger partial charge on any atom is -0.293 e. The van der Waals surface area contributed by atoms with Crippen molar-refractivity contribution in [3.63, 3.8) is 0 Å². The molecule has 1 aromatic rings. The lowest BCUT2D eigenvalue weighted by Gasteiger charge is -2.13.